The Morgan fingerprint density at radius 2 is 1.60 bits per heavy atom. The first-order valence-corrected chi connectivity index (χ1v) is 11.9. The number of nitrogens with zero attached hydrogens (tertiary/aromatic N) is 1. The van der Waals surface area contributed by atoms with Crippen molar-refractivity contribution in [3.05, 3.63) is 99.6 Å². The molecular weight excluding hydrogens is 462 g/mol. The standard InChI is InChI=1S/C29H28ClNO4/c1-5-17-6-8-19(9-7-17)26(33)24-25(18-10-12-20(13-11-18)29(2,3)4)31(28(35)27(24)34)22-16-21(30)14-15-23(22)32/h6-16,25,32-33H,5H2,1-4H3/b26-24+. The van der Waals surface area contributed by atoms with Crippen molar-refractivity contribution in [3.63, 3.8) is 0 Å². The van der Waals surface area contributed by atoms with Crippen molar-refractivity contribution < 1.29 is 19.8 Å². The van der Waals surface area contributed by atoms with Gasteiger partial charge in [-0.3, -0.25) is 14.5 Å². The maximum atomic E-state index is 13.3. The van der Waals surface area contributed by atoms with Gasteiger partial charge in [0.05, 0.1) is 17.3 Å². The lowest BCUT2D eigenvalue weighted by atomic mass is 9.85. The number of aromatic hydroxyl groups is 1. The lowest BCUT2D eigenvalue weighted by molar-refractivity contribution is -0.132. The number of benzene rings is 3. The fraction of sp³-hybridized carbons (Fsp3) is 0.241. The molecule has 35 heavy (non-hydrogen) atoms. The van der Waals surface area contributed by atoms with Gasteiger partial charge in [0.2, 0.25) is 0 Å². The number of phenolic OH excluding ortho intramolecular Hbond substituents is 1. The first-order chi connectivity index (χ1) is 16.5. The van der Waals surface area contributed by atoms with E-state index < -0.39 is 17.7 Å². The smallest absolute Gasteiger partial charge is 0.300 e. The molecule has 180 valence electrons. The molecule has 5 nitrogen and oxygen atoms in total. The van der Waals surface area contributed by atoms with Crippen LogP contribution in [0.3, 0.4) is 0 Å². The molecule has 0 saturated carbocycles. The van der Waals surface area contributed by atoms with Crippen molar-refractivity contribution in [1.82, 2.24) is 0 Å². The third-order valence-electron chi connectivity index (χ3n) is 6.37. The second-order valence-corrected chi connectivity index (χ2v) is 10.2. The summed E-state index contributed by atoms with van der Waals surface area (Å²) >= 11 is 6.17. The monoisotopic (exact) mass is 489 g/mol. The third-order valence-corrected chi connectivity index (χ3v) is 6.60. The van der Waals surface area contributed by atoms with E-state index in [1.54, 1.807) is 12.1 Å². The molecule has 6 heteroatoms. The minimum Gasteiger partial charge on any atom is -0.507 e. The molecule has 1 aliphatic rings. The van der Waals surface area contributed by atoms with E-state index in [0.29, 0.717) is 16.1 Å². The van der Waals surface area contributed by atoms with Gasteiger partial charge in [-0.15, -0.1) is 0 Å². The molecule has 3 aromatic carbocycles. The fourth-order valence-electron chi connectivity index (χ4n) is 4.31. The number of phenols is 1. The van der Waals surface area contributed by atoms with Gasteiger partial charge in [-0.2, -0.15) is 0 Å². The number of aliphatic hydroxyl groups is 1. The highest BCUT2D eigenvalue weighted by Crippen LogP contribution is 2.45. The zero-order valence-corrected chi connectivity index (χ0v) is 20.9. The van der Waals surface area contributed by atoms with Crippen LogP contribution in [-0.2, 0) is 21.4 Å². The molecule has 1 heterocycles. The van der Waals surface area contributed by atoms with Crippen molar-refractivity contribution in [3.8, 4) is 5.75 Å². The predicted octanol–water partition coefficient (Wildman–Crippen LogP) is 6.53. The quantitative estimate of drug-likeness (QED) is 0.248. The second kappa shape index (κ2) is 9.23. The topological polar surface area (TPSA) is 77.8 Å². The van der Waals surface area contributed by atoms with Gasteiger partial charge < -0.3 is 10.2 Å². The molecule has 1 atom stereocenters. The zero-order valence-electron chi connectivity index (χ0n) is 20.2. The Labute approximate surface area is 210 Å². The van der Waals surface area contributed by atoms with Gasteiger partial charge in [0.15, 0.2) is 0 Å². The van der Waals surface area contributed by atoms with Crippen LogP contribution >= 0.6 is 11.6 Å². The summed E-state index contributed by atoms with van der Waals surface area (Å²) in [4.78, 5) is 27.8. The zero-order chi connectivity index (χ0) is 25.5. The van der Waals surface area contributed by atoms with E-state index in [4.69, 9.17) is 11.6 Å². The van der Waals surface area contributed by atoms with Crippen LogP contribution in [0.2, 0.25) is 5.02 Å². The van der Waals surface area contributed by atoms with E-state index in [1.165, 1.54) is 23.1 Å². The normalized spacial score (nSPS) is 17.7. The van der Waals surface area contributed by atoms with Crippen molar-refractivity contribution in [2.45, 2.75) is 45.6 Å². The lowest BCUT2D eigenvalue weighted by Gasteiger charge is -2.27. The summed E-state index contributed by atoms with van der Waals surface area (Å²) in [5.41, 5.74) is 3.20. The van der Waals surface area contributed by atoms with Crippen LogP contribution in [0.25, 0.3) is 5.76 Å². The number of anilines is 1. The number of hydrogen-bond donors (Lipinski definition) is 2. The molecule has 0 bridgehead atoms. The maximum absolute atomic E-state index is 13.3. The molecule has 1 amide bonds. The number of carbonyl (C=O) groups is 2. The van der Waals surface area contributed by atoms with Crippen LogP contribution in [0, 0.1) is 0 Å². The Balaban J connectivity index is 1.94. The Bertz CT molecular complexity index is 1320. The molecular formula is C29H28ClNO4. The molecule has 1 unspecified atom stereocenters. The van der Waals surface area contributed by atoms with E-state index in [1.807, 2.05) is 43.3 Å². The Morgan fingerprint density at radius 1 is 0.971 bits per heavy atom. The molecule has 0 radical (unpaired) electrons. The highest BCUT2D eigenvalue weighted by atomic mass is 35.5. The summed E-state index contributed by atoms with van der Waals surface area (Å²) in [6, 6.07) is 18.2. The lowest BCUT2D eigenvalue weighted by Crippen LogP contribution is -2.29. The number of amides is 1. The third kappa shape index (κ3) is 4.56. The largest absolute Gasteiger partial charge is 0.507 e. The number of ketones is 1. The first-order valence-electron chi connectivity index (χ1n) is 11.5. The highest BCUT2D eigenvalue weighted by molar-refractivity contribution is 6.52. The fourth-order valence-corrected chi connectivity index (χ4v) is 4.47. The Hall–Kier alpha value is -3.57. The molecule has 1 fully saturated rings. The number of aryl methyl sites for hydroxylation is 1. The number of halogens is 1. The molecule has 0 spiro atoms. The van der Waals surface area contributed by atoms with Crippen LogP contribution in [0.5, 0.6) is 5.75 Å². The van der Waals surface area contributed by atoms with Crippen LogP contribution in [0.1, 0.15) is 56.0 Å². The van der Waals surface area contributed by atoms with Crippen LogP contribution in [-0.4, -0.2) is 21.9 Å². The van der Waals surface area contributed by atoms with E-state index in [2.05, 4.69) is 20.8 Å². The van der Waals surface area contributed by atoms with E-state index in [0.717, 1.165) is 17.5 Å². The SMILES string of the molecule is CCc1ccc(/C(O)=C2\C(=O)C(=O)N(c3cc(Cl)ccc3O)C2c2ccc(C(C)(C)C)cc2)cc1. The Morgan fingerprint density at radius 3 is 2.17 bits per heavy atom. The highest BCUT2D eigenvalue weighted by Gasteiger charge is 2.47. The van der Waals surface area contributed by atoms with Crippen molar-refractivity contribution in [1.29, 1.82) is 0 Å². The van der Waals surface area contributed by atoms with Crippen molar-refractivity contribution in [2.75, 3.05) is 4.90 Å². The van der Waals surface area contributed by atoms with Crippen LogP contribution in [0.15, 0.2) is 72.3 Å². The van der Waals surface area contributed by atoms with Crippen LogP contribution in [0.4, 0.5) is 5.69 Å². The van der Waals surface area contributed by atoms with E-state index >= 15 is 0 Å². The summed E-state index contributed by atoms with van der Waals surface area (Å²) in [7, 11) is 0. The maximum Gasteiger partial charge on any atom is 0.300 e. The molecule has 1 aliphatic heterocycles. The van der Waals surface area contributed by atoms with Gasteiger partial charge in [0.25, 0.3) is 11.7 Å². The van der Waals surface area contributed by atoms with Gasteiger partial charge in [-0.1, -0.05) is 87.8 Å². The number of aliphatic hydroxyl groups excluding tert-OH is 1. The molecule has 1 saturated heterocycles. The summed E-state index contributed by atoms with van der Waals surface area (Å²) < 4.78 is 0. The van der Waals surface area contributed by atoms with Gasteiger partial charge in [0.1, 0.15) is 11.5 Å². The number of Topliss-reactive ketones (excluding diaryl/α,β-unsaturated/α-hetero) is 1. The van der Waals surface area contributed by atoms with E-state index in [-0.39, 0.29) is 28.2 Å². The first kappa shape index (κ1) is 24.6. The van der Waals surface area contributed by atoms with Gasteiger partial charge in [-0.25, -0.2) is 0 Å². The van der Waals surface area contributed by atoms with Gasteiger partial charge in [-0.05, 0) is 46.7 Å². The average Bonchev–Trinajstić information content (AvgIpc) is 3.10. The average molecular weight is 490 g/mol. The van der Waals surface area contributed by atoms with Gasteiger partial charge in [0, 0.05) is 10.6 Å². The second-order valence-electron chi connectivity index (χ2n) is 9.72. The number of carbonyl (C=O) groups excluding carboxylic acids is 2. The number of hydrogen-bond acceptors (Lipinski definition) is 4. The molecule has 4 rings (SSSR count). The number of rotatable bonds is 4. The molecule has 0 aromatic heterocycles. The molecule has 3 aromatic rings. The summed E-state index contributed by atoms with van der Waals surface area (Å²) in [5, 5.41) is 22.1. The molecule has 0 aliphatic carbocycles. The Kier molecular flexibility index (Phi) is 6.48. The summed E-state index contributed by atoms with van der Waals surface area (Å²) in [6.07, 6.45) is 0.833. The summed E-state index contributed by atoms with van der Waals surface area (Å²) in [5.74, 6) is -2.13. The van der Waals surface area contributed by atoms with Gasteiger partial charge >= 0.3 is 0 Å². The van der Waals surface area contributed by atoms with Crippen molar-refractivity contribution >= 4 is 34.7 Å². The minimum atomic E-state index is -0.945. The van der Waals surface area contributed by atoms with Crippen LogP contribution < -0.4 is 4.90 Å². The predicted molar refractivity (Wildman–Crippen MR) is 139 cm³/mol. The van der Waals surface area contributed by atoms with E-state index in [9.17, 15) is 19.8 Å². The minimum absolute atomic E-state index is 0.0397. The van der Waals surface area contributed by atoms with Crippen molar-refractivity contribution in [2.24, 2.45) is 0 Å². The summed E-state index contributed by atoms with van der Waals surface area (Å²) in [6.45, 7) is 8.31. The molecule has 2 N–H and O–H groups in total.